The van der Waals surface area contributed by atoms with Gasteiger partial charge in [-0.3, -0.25) is 0 Å². The fourth-order valence-electron chi connectivity index (χ4n) is 8.54. The van der Waals surface area contributed by atoms with E-state index >= 15 is 0 Å². The Morgan fingerprint density at radius 3 is 1.63 bits per heavy atom. The summed E-state index contributed by atoms with van der Waals surface area (Å²) in [6.07, 6.45) is 0. The second-order valence-corrected chi connectivity index (χ2v) is 14.8. The Labute approximate surface area is 312 Å². The average Bonchev–Trinajstić information content (AvgIpc) is 3.72. The van der Waals surface area contributed by atoms with Crippen molar-refractivity contribution in [3.63, 3.8) is 0 Å². The average molecular weight is 692 g/mol. The molecule has 0 saturated carbocycles. The van der Waals surface area contributed by atoms with E-state index in [1.54, 1.807) is 0 Å². The van der Waals surface area contributed by atoms with Crippen molar-refractivity contribution in [1.29, 1.82) is 0 Å². The molecular formula is C50H33N3O. The van der Waals surface area contributed by atoms with Crippen LogP contribution in [0.3, 0.4) is 0 Å². The van der Waals surface area contributed by atoms with Gasteiger partial charge in [-0.2, -0.15) is 0 Å². The molecular weight excluding hydrogens is 659 g/mol. The fourth-order valence-corrected chi connectivity index (χ4v) is 8.54. The zero-order chi connectivity index (χ0) is 36.0. The third-order valence-corrected chi connectivity index (χ3v) is 11.3. The van der Waals surface area contributed by atoms with Crippen molar-refractivity contribution in [3.05, 3.63) is 175 Å². The van der Waals surface area contributed by atoms with E-state index in [9.17, 15) is 0 Å². The Balaban J connectivity index is 0.998. The van der Waals surface area contributed by atoms with Crippen molar-refractivity contribution in [2.75, 3.05) is 0 Å². The molecule has 0 N–H and O–H groups in total. The van der Waals surface area contributed by atoms with Crippen LogP contribution >= 0.6 is 0 Å². The molecule has 0 fully saturated rings. The standard InChI is InChI=1S/C50H33N3O/c1-50(2)41-28-34(33-19-23-37-35(27-33)18-17-30-22-26-44-46(45(30)37)40-15-9-10-16-43(40)54-44)20-24-38(41)39-25-21-36(29-42(39)50)49-52-47(31-11-5-3-6-12-31)51-48(53-49)32-13-7-4-8-14-32/h3-29H,1-2H3. The molecule has 0 amide bonds. The van der Waals surface area contributed by atoms with Crippen LogP contribution in [0.15, 0.2) is 168 Å². The quantitative estimate of drug-likeness (QED) is 0.172. The predicted octanol–water partition coefficient (Wildman–Crippen LogP) is 13.1. The summed E-state index contributed by atoms with van der Waals surface area (Å²) in [5.41, 5.74) is 12.1. The van der Waals surface area contributed by atoms with E-state index in [4.69, 9.17) is 19.4 Å². The molecule has 1 aliphatic rings. The van der Waals surface area contributed by atoms with Gasteiger partial charge in [0.25, 0.3) is 0 Å². The number of fused-ring (bicyclic) bond motifs is 10. The van der Waals surface area contributed by atoms with Gasteiger partial charge in [0.1, 0.15) is 11.2 Å². The summed E-state index contributed by atoms with van der Waals surface area (Å²) in [6, 6.07) is 57.9. The van der Waals surface area contributed by atoms with Crippen molar-refractivity contribution in [2.24, 2.45) is 0 Å². The summed E-state index contributed by atoms with van der Waals surface area (Å²) in [5.74, 6) is 2.00. The van der Waals surface area contributed by atoms with Crippen LogP contribution in [0.5, 0.6) is 0 Å². The molecule has 0 aliphatic heterocycles. The van der Waals surface area contributed by atoms with Gasteiger partial charge in [0.15, 0.2) is 17.5 Å². The van der Waals surface area contributed by atoms with E-state index in [0.29, 0.717) is 17.5 Å². The number of hydrogen-bond acceptors (Lipinski definition) is 4. The molecule has 0 unspecified atom stereocenters. The molecule has 2 aromatic heterocycles. The van der Waals surface area contributed by atoms with Crippen molar-refractivity contribution in [2.45, 2.75) is 19.3 Å². The molecule has 254 valence electrons. The molecule has 11 rings (SSSR count). The fraction of sp³-hybridized carbons (Fsp3) is 0.0600. The largest absolute Gasteiger partial charge is 0.456 e. The van der Waals surface area contributed by atoms with Gasteiger partial charge in [0.05, 0.1) is 0 Å². The van der Waals surface area contributed by atoms with Gasteiger partial charge >= 0.3 is 0 Å². The highest BCUT2D eigenvalue weighted by Crippen LogP contribution is 2.51. The zero-order valence-corrected chi connectivity index (χ0v) is 29.8. The first kappa shape index (κ1) is 30.7. The molecule has 10 aromatic rings. The molecule has 2 heterocycles. The highest BCUT2D eigenvalue weighted by atomic mass is 16.3. The van der Waals surface area contributed by atoms with E-state index in [2.05, 4.69) is 111 Å². The summed E-state index contributed by atoms with van der Waals surface area (Å²) < 4.78 is 6.26. The third kappa shape index (κ3) is 4.66. The summed E-state index contributed by atoms with van der Waals surface area (Å²) in [5, 5.41) is 7.25. The molecule has 54 heavy (non-hydrogen) atoms. The van der Waals surface area contributed by atoms with E-state index in [-0.39, 0.29) is 5.41 Å². The summed E-state index contributed by atoms with van der Waals surface area (Å²) >= 11 is 0. The normalized spacial score (nSPS) is 13.1. The second kappa shape index (κ2) is 11.5. The Kier molecular flexibility index (Phi) is 6.56. The van der Waals surface area contributed by atoms with Gasteiger partial charge < -0.3 is 4.42 Å². The van der Waals surface area contributed by atoms with Crippen LogP contribution in [0.25, 0.3) is 99.9 Å². The topological polar surface area (TPSA) is 51.8 Å². The van der Waals surface area contributed by atoms with Crippen molar-refractivity contribution < 1.29 is 4.42 Å². The first-order valence-electron chi connectivity index (χ1n) is 18.4. The summed E-state index contributed by atoms with van der Waals surface area (Å²) in [4.78, 5) is 14.9. The second-order valence-electron chi connectivity index (χ2n) is 14.8. The highest BCUT2D eigenvalue weighted by Gasteiger charge is 2.36. The number of rotatable bonds is 4. The van der Waals surface area contributed by atoms with Crippen LogP contribution in [0.1, 0.15) is 25.0 Å². The summed E-state index contributed by atoms with van der Waals surface area (Å²) in [6.45, 7) is 4.66. The Morgan fingerprint density at radius 1 is 0.389 bits per heavy atom. The molecule has 8 aromatic carbocycles. The minimum Gasteiger partial charge on any atom is -0.456 e. The lowest BCUT2D eigenvalue weighted by Crippen LogP contribution is -2.15. The number of hydrogen-bond donors (Lipinski definition) is 0. The lowest BCUT2D eigenvalue weighted by atomic mass is 9.81. The van der Waals surface area contributed by atoms with Crippen LogP contribution in [0, 0.1) is 0 Å². The molecule has 0 saturated heterocycles. The molecule has 0 radical (unpaired) electrons. The number of aromatic nitrogens is 3. The number of nitrogens with zero attached hydrogens (tertiary/aromatic N) is 3. The van der Waals surface area contributed by atoms with Crippen LogP contribution in [0.2, 0.25) is 0 Å². The Hall–Kier alpha value is -6.91. The van der Waals surface area contributed by atoms with E-state index in [1.165, 1.54) is 60.3 Å². The maximum atomic E-state index is 6.26. The van der Waals surface area contributed by atoms with Gasteiger partial charge in [-0.05, 0) is 79.9 Å². The van der Waals surface area contributed by atoms with Gasteiger partial charge in [-0.1, -0.05) is 147 Å². The van der Waals surface area contributed by atoms with E-state index in [0.717, 1.165) is 33.2 Å². The van der Waals surface area contributed by atoms with Gasteiger partial charge in [0.2, 0.25) is 0 Å². The number of benzene rings is 8. The highest BCUT2D eigenvalue weighted by molar-refractivity contribution is 6.26. The monoisotopic (exact) mass is 691 g/mol. The maximum Gasteiger partial charge on any atom is 0.164 e. The zero-order valence-electron chi connectivity index (χ0n) is 29.8. The Morgan fingerprint density at radius 2 is 0.926 bits per heavy atom. The smallest absolute Gasteiger partial charge is 0.164 e. The third-order valence-electron chi connectivity index (χ3n) is 11.3. The van der Waals surface area contributed by atoms with Crippen molar-refractivity contribution >= 4 is 43.5 Å². The maximum absolute atomic E-state index is 6.26. The molecule has 0 atom stereocenters. The lowest BCUT2D eigenvalue weighted by molar-refractivity contribution is 0.661. The summed E-state index contributed by atoms with van der Waals surface area (Å²) in [7, 11) is 0. The van der Waals surface area contributed by atoms with Gasteiger partial charge in [-0.15, -0.1) is 0 Å². The molecule has 0 bridgehead atoms. The predicted molar refractivity (Wildman–Crippen MR) is 221 cm³/mol. The number of para-hydroxylation sites is 1. The molecule has 4 heteroatoms. The molecule has 4 nitrogen and oxygen atoms in total. The minimum atomic E-state index is -0.227. The van der Waals surface area contributed by atoms with Crippen LogP contribution < -0.4 is 0 Å². The van der Waals surface area contributed by atoms with Crippen LogP contribution in [0.4, 0.5) is 0 Å². The molecule has 1 aliphatic carbocycles. The first-order valence-corrected chi connectivity index (χ1v) is 18.4. The SMILES string of the molecule is CC1(C)c2cc(-c3ccc4c(ccc5ccc6oc7ccccc7c6c54)c3)ccc2-c2ccc(-c3nc(-c4ccccc4)nc(-c4ccccc4)n3)cc21. The van der Waals surface area contributed by atoms with Crippen LogP contribution in [-0.4, -0.2) is 15.0 Å². The van der Waals surface area contributed by atoms with E-state index in [1.807, 2.05) is 66.7 Å². The van der Waals surface area contributed by atoms with Crippen molar-refractivity contribution in [1.82, 2.24) is 15.0 Å². The van der Waals surface area contributed by atoms with Crippen molar-refractivity contribution in [3.8, 4) is 56.4 Å². The minimum absolute atomic E-state index is 0.227. The van der Waals surface area contributed by atoms with Gasteiger partial charge in [-0.25, -0.2) is 15.0 Å². The first-order chi connectivity index (χ1) is 26.5. The molecule has 0 spiro atoms. The van der Waals surface area contributed by atoms with E-state index < -0.39 is 0 Å². The number of furan rings is 1. The lowest BCUT2D eigenvalue weighted by Gasteiger charge is -2.22. The Bertz CT molecular complexity index is 3070. The van der Waals surface area contributed by atoms with Crippen LogP contribution in [-0.2, 0) is 5.41 Å². The van der Waals surface area contributed by atoms with Gasteiger partial charge in [0, 0.05) is 38.3 Å².